The van der Waals surface area contributed by atoms with Crippen molar-refractivity contribution in [2.24, 2.45) is 0 Å². The van der Waals surface area contributed by atoms with Crippen molar-refractivity contribution >= 4 is 18.4 Å². The summed E-state index contributed by atoms with van der Waals surface area (Å²) in [6, 6.07) is 7.38. The second kappa shape index (κ2) is 6.61. The Morgan fingerprint density at radius 1 is 1.50 bits per heavy atom. The van der Waals surface area contributed by atoms with Gasteiger partial charge in [0.1, 0.15) is 18.4 Å². The van der Waals surface area contributed by atoms with Crippen molar-refractivity contribution in [3.63, 3.8) is 0 Å². The molecule has 1 aromatic carbocycles. The number of carboxylic acid groups (broad SMARTS) is 1. The van der Waals surface area contributed by atoms with Crippen LogP contribution in [0.4, 0.5) is 0 Å². The fraction of sp³-hybridized carbons (Fsp3) is 0.462. The molecule has 0 bridgehead atoms. The van der Waals surface area contributed by atoms with Crippen molar-refractivity contribution in [3.05, 3.63) is 29.8 Å². The normalized spacial score (nSPS) is 16.7. The van der Waals surface area contributed by atoms with E-state index in [4.69, 9.17) is 4.74 Å². The fourth-order valence-electron chi connectivity index (χ4n) is 2.20. The molecule has 0 aromatic heterocycles. The lowest BCUT2D eigenvalue weighted by Crippen LogP contribution is -2.41. The quantitative estimate of drug-likeness (QED) is 0.915. The molecule has 1 heterocycles. The van der Waals surface area contributed by atoms with Gasteiger partial charge in [0.2, 0.25) is 0 Å². The number of halogens is 1. The van der Waals surface area contributed by atoms with Gasteiger partial charge < -0.3 is 9.84 Å². The average Bonchev–Trinajstić information content (AvgIpc) is 2.51. The average molecular weight is 272 g/mol. The molecule has 18 heavy (non-hydrogen) atoms. The molecule has 0 spiro atoms. The van der Waals surface area contributed by atoms with Crippen LogP contribution >= 0.6 is 12.4 Å². The minimum absolute atomic E-state index is 0. The highest BCUT2D eigenvalue weighted by Gasteiger charge is 2.26. The molecule has 2 rings (SSSR count). The molecule has 0 radical (unpaired) electrons. The van der Waals surface area contributed by atoms with Crippen LogP contribution in [0, 0.1) is 0 Å². The first-order valence-corrected chi connectivity index (χ1v) is 5.90. The van der Waals surface area contributed by atoms with Crippen LogP contribution in [0.15, 0.2) is 24.3 Å². The zero-order chi connectivity index (χ0) is 12.3. The number of aliphatic carboxylic acids is 1. The van der Waals surface area contributed by atoms with Crippen molar-refractivity contribution in [1.82, 2.24) is 4.90 Å². The van der Waals surface area contributed by atoms with Crippen LogP contribution in [0.2, 0.25) is 0 Å². The third-order valence-corrected chi connectivity index (χ3v) is 3.09. The number of rotatable bonds is 3. The minimum Gasteiger partial charge on any atom is -0.492 e. The molecule has 5 heteroatoms. The number of carbonyl (C=O) groups is 1. The number of benzene rings is 1. The van der Waals surface area contributed by atoms with E-state index in [0.717, 1.165) is 11.3 Å². The van der Waals surface area contributed by atoms with Crippen LogP contribution in [0.5, 0.6) is 5.75 Å². The van der Waals surface area contributed by atoms with Crippen LogP contribution in [-0.4, -0.2) is 35.2 Å². The van der Waals surface area contributed by atoms with Crippen LogP contribution in [0.1, 0.15) is 18.9 Å². The van der Waals surface area contributed by atoms with Gasteiger partial charge in [-0.25, -0.2) is 0 Å². The molecule has 100 valence electrons. The maximum absolute atomic E-state index is 11.2. The second-order valence-corrected chi connectivity index (χ2v) is 4.19. The first-order chi connectivity index (χ1) is 8.22. The van der Waals surface area contributed by atoms with Gasteiger partial charge >= 0.3 is 5.97 Å². The Bertz CT molecular complexity index is 411. The summed E-state index contributed by atoms with van der Waals surface area (Å²) in [6.07, 6.45) is 0.609. The van der Waals surface area contributed by atoms with Gasteiger partial charge in [0.15, 0.2) is 0 Å². The number of carboxylic acids is 1. The number of hydrogen-bond acceptors (Lipinski definition) is 3. The SMILES string of the molecule is CCC(C(=O)O)N1CCOc2ccccc2C1.Cl. The largest absolute Gasteiger partial charge is 0.492 e. The Balaban J connectivity index is 0.00000162. The smallest absolute Gasteiger partial charge is 0.320 e. The second-order valence-electron chi connectivity index (χ2n) is 4.19. The Hall–Kier alpha value is -1.26. The highest BCUT2D eigenvalue weighted by Crippen LogP contribution is 2.24. The highest BCUT2D eigenvalue weighted by atomic mass is 35.5. The van der Waals surface area contributed by atoms with E-state index in [1.807, 2.05) is 36.1 Å². The van der Waals surface area contributed by atoms with Gasteiger partial charge in [0.05, 0.1) is 0 Å². The van der Waals surface area contributed by atoms with Crippen LogP contribution in [0.3, 0.4) is 0 Å². The van der Waals surface area contributed by atoms with Crippen molar-refractivity contribution in [2.45, 2.75) is 25.9 Å². The Morgan fingerprint density at radius 2 is 2.22 bits per heavy atom. The van der Waals surface area contributed by atoms with Crippen LogP contribution in [0.25, 0.3) is 0 Å². The zero-order valence-electron chi connectivity index (χ0n) is 10.3. The summed E-state index contributed by atoms with van der Waals surface area (Å²) < 4.78 is 5.62. The molecule has 1 aliphatic rings. The molecule has 1 aliphatic heterocycles. The summed E-state index contributed by atoms with van der Waals surface area (Å²) in [6.45, 7) is 3.73. The molecule has 0 aliphatic carbocycles. The van der Waals surface area contributed by atoms with E-state index in [9.17, 15) is 9.90 Å². The summed E-state index contributed by atoms with van der Waals surface area (Å²) in [4.78, 5) is 13.1. The molecular weight excluding hydrogens is 254 g/mol. The van der Waals surface area contributed by atoms with Gasteiger partial charge in [-0.15, -0.1) is 12.4 Å². The lowest BCUT2D eigenvalue weighted by molar-refractivity contribution is -0.143. The van der Waals surface area contributed by atoms with E-state index in [0.29, 0.717) is 26.1 Å². The number of nitrogens with zero attached hydrogens (tertiary/aromatic N) is 1. The summed E-state index contributed by atoms with van der Waals surface area (Å²) in [5.41, 5.74) is 1.06. The predicted molar refractivity (Wildman–Crippen MR) is 71.3 cm³/mol. The van der Waals surface area contributed by atoms with Gasteiger partial charge in [-0.3, -0.25) is 9.69 Å². The number of hydrogen-bond donors (Lipinski definition) is 1. The monoisotopic (exact) mass is 271 g/mol. The van der Waals surface area contributed by atoms with Gasteiger partial charge in [-0.1, -0.05) is 25.1 Å². The first kappa shape index (κ1) is 14.8. The third kappa shape index (κ3) is 3.15. The van der Waals surface area contributed by atoms with E-state index in [1.54, 1.807) is 0 Å². The minimum atomic E-state index is -0.758. The fourth-order valence-corrected chi connectivity index (χ4v) is 2.20. The molecule has 0 amide bonds. The molecule has 1 aromatic rings. The summed E-state index contributed by atoms with van der Waals surface area (Å²) in [5.74, 6) is 0.113. The van der Waals surface area contributed by atoms with Crippen LogP contribution < -0.4 is 4.74 Å². The van der Waals surface area contributed by atoms with Crippen LogP contribution in [-0.2, 0) is 11.3 Å². The molecule has 0 fully saturated rings. The summed E-state index contributed by atoms with van der Waals surface area (Å²) >= 11 is 0. The molecule has 0 saturated carbocycles. The van der Waals surface area contributed by atoms with Gasteiger partial charge in [-0.2, -0.15) is 0 Å². The van der Waals surface area contributed by atoms with E-state index in [2.05, 4.69) is 0 Å². The predicted octanol–water partition coefficient (Wildman–Crippen LogP) is 2.17. The van der Waals surface area contributed by atoms with Crippen molar-refractivity contribution in [3.8, 4) is 5.75 Å². The lowest BCUT2D eigenvalue weighted by atomic mass is 10.1. The molecular formula is C13H18ClNO3. The number of ether oxygens (including phenoxy) is 1. The maximum Gasteiger partial charge on any atom is 0.320 e. The summed E-state index contributed by atoms with van der Waals surface area (Å²) in [5, 5.41) is 9.18. The van der Waals surface area contributed by atoms with Crippen molar-refractivity contribution in [2.75, 3.05) is 13.2 Å². The first-order valence-electron chi connectivity index (χ1n) is 5.90. The van der Waals surface area contributed by atoms with Gasteiger partial charge in [-0.05, 0) is 12.5 Å². The number of para-hydroxylation sites is 1. The molecule has 4 nitrogen and oxygen atoms in total. The molecule has 1 atom stereocenters. The Labute approximate surface area is 113 Å². The standard InChI is InChI=1S/C13H17NO3.ClH/c1-2-11(13(15)16)14-7-8-17-12-6-4-3-5-10(12)9-14;/h3-6,11H,2,7-9H2,1H3,(H,15,16);1H. The van der Waals surface area contributed by atoms with Crippen molar-refractivity contribution in [1.29, 1.82) is 0 Å². The van der Waals surface area contributed by atoms with Gasteiger partial charge in [0, 0.05) is 18.7 Å². The van der Waals surface area contributed by atoms with E-state index in [-0.39, 0.29) is 12.4 Å². The molecule has 0 saturated heterocycles. The zero-order valence-corrected chi connectivity index (χ0v) is 11.2. The third-order valence-electron chi connectivity index (χ3n) is 3.09. The number of fused-ring (bicyclic) bond motifs is 1. The summed E-state index contributed by atoms with van der Waals surface area (Å²) in [7, 11) is 0. The lowest BCUT2D eigenvalue weighted by Gasteiger charge is -2.25. The molecule has 1 N–H and O–H groups in total. The van der Waals surface area contributed by atoms with Gasteiger partial charge in [0.25, 0.3) is 0 Å². The highest BCUT2D eigenvalue weighted by molar-refractivity contribution is 5.85. The Morgan fingerprint density at radius 3 is 2.89 bits per heavy atom. The maximum atomic E-state index is 11.2. The Kier molecular flexibility index (Phi) is 5.44. The van der Waals surface area contributed by atoms with E-state index >= 15 is 0 Å². The van der Waals surface area contributed by atoms with E-state index < -0.39 is 12.0 Å². The van der Waals surface area contributed by atoms with E-state index in [1.165, 1.54) is 0 Å². The van der Waals surface area contributed by atoms with Crippen molar-refractivity contribution < 1.29 is 14.6 Å². The topological polar surface area (TPSA) is 49.8 Å². The molecule has 1 unspecified atom stereocenters.